The molecule has 0 bridgehead atoms. The van der Waals surface area contributed by atoms with Gasteiger partial charge < -0.3 is 10.4 Å². The summed E-state index contributed by atoms with van der Waals surface area (Å²) in [5, 5.41) is 11.8. The molecule has 0 unspecified atom stereocenters. The van der Waals surface area contributed by atoms with Crippen LogP contribution in [-0.2, 0) is 0 Å². The molecule has 0 radical (unpaired) electrons. The fourth-order valence-electron chi connectivity index (χ4n) is 1.70. The molecule has 1 heterocycles. The van der Waals surface area contributed by atoms with Crippen molar-refractivity contribution in [3.05, 3.63) is 45.4 Å². The molecule has 19 heavy (non-hydrogen) atoms. The zero-order valence-electron chi connectivity index (χ0n) is 10.4. The molecule has 5 nitrogen and oxygen atoms in total. The minimum Gasteiger partial charge on any atom is -0.478 e. The maximum absolute atomic E-state index is 12.1. The number of amides is 1. The number of hydrogen-bond donors (Lipinski definition) is 2. The number of carboxylic acid groups (broad SMARTS) is 1. The second kappa shape index (κ2) is 5.19. The van der Waals surface area contributed by atoms with E-state index in [1.54, 1.807) is 31.5 Å². The van der Waals surface area contributed by atoms with Crippen LogP contribution in [0, 0.1) is 13.8 Å². The maximum Gasteiger partial charge on any atom is 0.337 e. The molecule has 0 aliphatic rings. The number of carbonyl (C=O) groups excluding carboxylic acids is 1. The van der Waals surface area contributed by atoms with Crippen molar-refractivity contribution in [2.75, 3.05) is 5.32 Å². The smallest absolute Gasteiger partial charge is 0.337 e. The zero-order valence-corrected chi connectivity index (χ0v) is 11.2. The Hall–Kier alpha value is -2.21. The average molecular weight is 276 g/mol. The number of aromatic carboxylic acids is 1. The third-order valence-corrected chi connectivity index (χ3v) is 3.62. The van der Waals surface area contributed by atoms with E-state index in [1.165, 1.54) is 17.4 Å². The van der Waals surface area contributed by atoms with Gasteiger partial charge in [-0.25, -0.2) is 9.78 Å². The Morgan fingerprint density at radius 3 is 2.63 bits per heavy atom. The van der Waals surface area contributed by atoms with Crippen LogP contribution in [0.1, 0.15) is 31.3 Å². The van der Waals surface area contributed by atoms with Crippen LogP contribution in [-0.4, -0.2) is 22.0 Å². The summed E-state index contributed by atoms with van der Waals surface area (Å²) in [5.74, 6) is -1.41. The SMILES string of the molecule is Cc1cccc(C(=O)O)c1NC(=O)c1scnc1C. The number of hydrogen-bond acceptors (Lipinski definition) is 4. The fourth-order valence-corrected chi connectivity index (χ4v) is 2.40. The number of para-hydroxylation sites is 1. The van der Waals surface area contributed by atoms with Gasteiger partial charge in [0.15, 0.2) is 0 Å². The van der Waals surface area contributed by atoms with Crippen molar-refractivity contribution in [2.24, 2.45) is 0 Å². The summed E-state index contributed by atoms with van der Waals surface area (Å²) in [4.78, 5) is 27.7. The maximum atomic E-state index is 12.1. The molecule has 0 fully saturated rings. The molecule has 0 saturated heterocycles. The van der Waals surface area contributed by atoms with Crippen LogP contribution in [0.2, 0.25) is 0 Å². The van der Waals surface area contributed by atoms with Gasteiger partial charge in [-0.1, -0.05) is 12.1 Å². The van der Waals surface area contributed by atoms with Crippen LogP contribution < -0.4 is 5.32 Å². The number of aromatic nitrogens is 1. The Kier molecular flexibility index (Phi) is 3.62. The Bertz CT molecular complexity index is 649. The lowest BCUT2D eigenvalue weighted by Crippen LogP contribution is -2.15. The lowest BCUT2D eigenvalue weighted by atomic mass is 10.1. The van der Waals surface area contributed by atoms with E-state index in [0.29, 0.717) is 21.8 Å². The second-order valence-corrected chi connectivity index (χ2v) is 4.88. The van der Waals surface area contributed by atoms with Gasteiger partial charge in [-0.2, -0.15) is 0 Å². The number of thiazole rings is 1. The van der Waals surface area contributed by atoms with Gasteiger partial charge in [0.25, 0.3) is 5.91 Å². The molecule has 2 N–H and O–H groups in total. The van der Waals surface area contributed by atoms with Gasteiger partial charge in [0.05, 0.1) is 22.5 Å². The van der Waals surface area contributed by atoms with Crippen molar-refractivity contribution >= 4 is 28.9 Å². The first-order chi connectivity index (χ1) is 9.00. The van der Waals surface area contributed by atoms with Gasteiger partial charge in [-0.05, 0) is 25.5 Å². The lowest BCUT2D eigenvalue weighted by Gasteiger charge is -2.10. The summed E-state index contributed by atoms with van der Waals surface area (Å²) < 4.78 is 0. The number of benzene rings is 1. The summed E-state index contributed by atoms with van der Waals surface area (Å²) >= 11 is 1.23. The van der Waals surface area contributed by atoms with E-state index >= 15 is 0 Å². The van der Waals surface area contributed by atoms with Crippen molar-refractivity contribution in [3.8, 4) is 0 Å². The van der Waals surface area contributed by atoms with Gasteiger partial charge in [-0.15, -0.1) is 11.3 Å². The van der Waals surface area contributed by atoms with E-state index in [-0.39, 0.29) is 11.5 Å². The quantitative estimate of drug-likeness (QED) is 0.903. The number of rotatable bonds is 3. The van der Waals surface area contributed by atoms with Crippen LogP contribution in [0.25, 0.3) is 0 Å². The normalized spacial score (nSPS) is 10.2. The summed E-state index contributed by atoms with van der Waals surface area (Å²) in [5.41, 5.74) is 3.33. The molecule has 1 amide bonds. The van der Waals surface area contributed by atoms with E-state index in [4.69, 9.17) is 5.11 Å². The monoisotopic (exact) mass is 276 g/mol. The van der Waals surface area contributed by atoms with Crippen LogP contribution >= 0.6 is 11.3 Å². The van der Waals surface area contributed by atoms with Crippen molar-refractivity contribution in [1.82, 2.24) is 4.98 Å². The van der Waals surface area contributed by atoms with Crippen molar-refractivity contribution in [1.29, 1.82) is 0 Å². The first-order valence-electron chi connectivity index (χ1n) is 5.55. The number of nitrogens with zero attached hydrogens (tertiary/aromatic N) is 1. The van der Waals surface area contributed by atoms with E-state index in [0.717, 1.165) is 0 Å². The Balaban J connectivity index is 2.36. The summed E-state index contributed by atoms with van der Waals surface area (Å²) in [6, 6.07) is 4.86. The molecule has 0 atom stereocenters. The third kappa shape index (κ3) is 2.63. The first-order valence-corrected chi connectivity index (χ1v) is 6.43. The Morgan fingerprint density at radius 1 is 1.32 bits per heavy atom. The van der Waals surface area contributed by atoms with Crippen LogP contribution in [0.5, 0.6) is 0 Å². The molecular weight excluding hydrogens is 264 g/mol. The highest BCUT2D eigenvalue weighted by Crippen LogP contribution is 2.22. The highest BCUT2D eigenvalue weighted by atomic mass is 32.1. The predicted octanol–water partition coefficient (Wildman–Crippen LogP) is 2.71. The molecule has 0 spiro atoms. The summed E-state index contributed by atoms with van der Waals surface area (Å²) in [6.45, 7) is 3.49. The number of nitrogens with one attached hydrogen (secondary N) is 1. The fraction of sp³-hybridized carbons (Fsp3) is 0.154. The van der Waals surface area contributed by atoms with Gasteiger partial charge in [-0.3, -0.25) is 4.79 Å². The molecule has 2 aromatic rings. The highest BCUT2D eigenvalue weighted by Gasteiger charge is 2.17. The van der Waals surface area contributed by atoms with Crippen molar-refractivity contribution < 1.29 is 14.7 Å². The van der Waals surface area contributed by atoms with E-state index < -0.39 is 5.97 Å². The molecule has 0 aliphatic heterocycles. The van der Waals surface area contributed by atoms with Crippen LogP contribution in [0.15, 0.2) is 23.7 Å². The average Bonchev–Trinajstić information content (AvgIpc) is 2.77. The number of aryl methyl sites for hydroxylation is 2. The number of carbonyl (C=O) groups is 2. The molecule has 6 heteroatoms. The Labute approximate surface area is 113 Å². The van der Waals surface area contributed by atoms with Crippen molar-refractivity contribution in [2.45, 2.75) is 13.8 Å². The minimum atomic E-state index is -1.07. The highest BCUT2D eigenvalue weighted by molar-refractivity contribution is 7.12. The summed E-state index contributed by atoms with van der Waals surface area (Å²) in [6.07, 6.45) is 0. The molecule has 2 rings (SSSR count). The van der Waals surface area contributed by atoms with Crippen LogP contribution in [0.4, 0.5) is 5.69 Å². The molecule has 98 valence electrons. The molecule has 1 aromatic carbocycles. The lowest BCUT2D eigenvalue weighted by molar-refractivity contribution is 0.0698. The van der Waals surface area contributed by atoms with Gasteiger partial charge in [0.1, 0.15) is 4.88 Å². The summed E-state index contributed by atoms with van der Waals surface area (Å²) in [7, 11) is 0. The standard InChI is InChI=1S/C13H12N2O3S/c1-7-4-3-5-9(13(17)18)10(7)15-12(16)11-8(2)14-6-19-11/h3-6H,1-2H3,(H,15,16)(H,17,18). The molecule has 0 saturated carbocycles. The Morgan fingerprint density at radius 2 is 2.05 bits per heavy atom. The molecular formula is C13H12N2O3S. The van der Waals surface area contributed by atoms with E-state index in [1.807, 2.05) is 0 Å². The topological polar surface area (TPSA) is 79.3 Å². The number of anilines is 1. The second-order valence-electron chi connectivity index (χ2n) is 4.02. The van der Waals surface area contributed by atoms with Crippen LogP contribution in [0.3, 0.4) is 0 Å². The number of carboxylic acids is 1. The van der Waals surface area contributed by atoms with Gasteiger partial charge in [0.2, 0.25) is 0 Å². The van der Waals surface area contributed by atoms with E-state index in [2.05, 4.69) is 10.3 Å². The minimum absolute atomic E-state index is 0.0792. The van der Waals surface area contributed by atoms with Gasteiger partial charge >= 0.3 is 5.97 Å². The zero-order chi connectivity index (χ0) is 14.0. The third-order valence-electron chi connectivity index (χ3n) is 2.69. The molecule has 1 aromatic heterocycles. The molecule has 0 aliphatic carbocycles. The van der Waals surface area contributed by atoms with Crippen molar-refractivity contribution in [3.63, 3.8) is 0 Å². The van der Waals surface area contributed by atoms with Gasteiger partial charge in [0, 0.05) is 0 Å². The first kappa shape index (κ1) is 13.2. The predicted molar refractivity (Wildman–Crippen MR) is 72.9 cm³/mol. The van der Waals surface area contributed by atoms with E-state index in [9.17, 15) is 9.59 Å². The largest absolute Gasteiger partial charge is 0.478 e.